The first kappa shape index (κ1) is 9.20. The van der Waals surface area contributed by atoms with Gasteiger partial charge in [0.15, 0.2) is 0 Å². The molecule has 1 heterocycles. The molecule has 2 fully saturated rings. The van der Waals surface area contributed by atoms with E-state index in [1.54, 1.807) is 0 Å². The molecule has 2 aliphatic rings. The van der Waals surface area contributed by atoms with Crippen molar-refractivity contribution in [1.82, 2.24) is 0 Å². The van der Waals surface area contributed by atoms with E-state index in [0.717, 1.165) is 0 Å². The van der Waals surface area contributed by atoms with E-state index in [2.05, 4.69) is 0 Å². The Morgan fingerprint density at radius 1 is 1.15 bits per heavy atom. The number of ether oxygens (including phenoxy) is 1. The Labute approximate surface area is 79.7 Å². The van der Waals surface area contributed by atoms with Crippen molar-refractivity contribution in [3.8, 4) is 0 Å². The molecule has 74 valence electrons. The summed E-state index contributed by atoms with van der Waals surface area (Å²) in [6.07, 6.45) is 8.18. The summed E-state index contributed by atoms with van der Waals surface area (Å²) in [6.45, 7) is 0.667. The van der Waals surface area contributed by atoms with Gasteiger partial charge in [-0.15, -0.1) is 0 Å². The van der Waals surface area contributed by atoms with Crippen molar-refractivity contribution in [3.05, 3.63) is 0 Å². The molecule has 1 aliphatic heterocycles. The topological polar surface area (TPSA) is 26.3 Å². The smallest absolute Gasteiger partial charge is 0.137 e. The molecule has 2 heteroatoms. The highest BCUT2D eigenvalue weighted by atomic mass is 16.5. The number of ketones is 1. The van der Waals surface area contributed by atoms with Gasteiger partial charge in [-0.3, -0.25) is 4.79 Å². The van der Waals surface area contributed by atoms with Gasteiger partial charge >= 0.3 is 0 Å². The molecule has 1 aliphatic carbocycles. The Morgan fingerprint density at radius 2 is 1.92 bits per heavy atom. The second-order valence-electron chi connectivity index (χ2n) is 4.30. The number of Topliss-reactive ketones (excluding diaryl/α,β-unsaturated/α-hetero) is 1. The van der Waals surface area contributed by atoms with Crippen molar-refractivity contribution in [2.24, 2.45) is 5.92 Å². The first-order valence-corrected chi connectivity index (χ1v) is 5.49. The molecule has 0 aromatic carbocycles. The molecule has 2 nitrogen and oxygen atoms in total. The summed E-state index contributed by atoms with van der Waals surface area (Å²) in [5.74, 6) is 1.08. The van der Waals surface area contributed by atoms with Crippen LogP contribution in [-0.4, -0.2) is 18.5 Å². The Hall–Kier alpha value is -0.370. The van der Waals surface area contributed by atoms with Crippen molar-refractivity contribution in [3.63, 3.8) is 0 Å². The average molecular weight is 182 g/mol. The fourth-order valence-corrected chi connectivity index (χ4v) is 2.52. The molecule has 1 saturated heterocycles. The van der Waals surface area contributed by atoms with Crippen molar-refractivity contribution in [2.45, 2.75) is 51.0 Å². The van der Waals surface area contributed by atoms with Crippen LogP contribution in [0.25, 0.3) is 0 Å². The second-order valence-corrected chi connectivity index (χ2v) is 4.30. The summed E-state index contributed by atoms with van der Waals surface area (Å²) < 4.78 is 5.67. The summed E-state index contributed by atoms with van der Waals surface area (Å²) >= 11 is 0. The summed E-state index contributed by atoms with van der Waals surface area (Å²) in [5, 5.41) is 0. The van der Waals surface area contributed by atoms with Crippen molar-refractivity contribution in [1.29, 1.82) is 0 Å². The Bertz CT molecular complexity index is 183. The highest BCUT2D eigenvalue weighted by Gasteiger charge is 2.28. The Morgan fingerprint density at radius 3 is 2.62 bits per heavy atom. The molecule has 2 rings (SSSR count). The lowest BCUT2D eigenvalue weighted by Gasteiger charge is -2.32. The highest BCUT2D eigenvalue weighted by Crippen LogP contribution is 2.31. The summed E-state index contributed by atoms with van der Waals surface area (Å²) in [7, 11) is 0. The molecule has 13 heavy (non-hydrogen) atoms. The zero-order chi connectivity index (χ0) is 9.10. The van der Waals surface area contributed by atoms with E-state index < -0.39 is 0 Å². The predicted octanol–water partition coefficient (Wildman–Crippen LogP) is 2.31. The van der Waals surface area contributed by atoms with Gasteiger partial charge in [-0.2, -0.15) is 0 Å². The third-order valence-corrected chi connectivity index (χ3v) is 3.32. The number of hydrogen-bond donors (Lipinski definition) is 0. The van der Waals surface area contributed by atoms with E-state index in [1.165, 1.54) is 32.1 Å². The van der Waals surface area contributed by atoms with Gasteiger partial charge < -0.3 is 4.74 Å². The zero-order valence-electron chi connectivity index (χ0n) is 8.13. The number of carbonyl (C=O) groups is 1. The predicted molar refractivity (Wildman–Crippen MR) is 50.6 cm³/mol. The normalized spacial score (nSPS) is 32.0. The summed E-state index contributed by atoms with van der Waals surface area (Å²) in [5.41, 5.74) is 0. The monoisotopic (exact) mass is 182 g/mol. The van der Waals surface area contributed by atoms with Crippen LogP contribution in [0, 0.1) is 5.92 Å². The minimum Gasteiger partial charge on any atom is -0.377 e. The van der Waals surface area contributed by atoms with Crippen LogP contribution in [0.2, 0.25) is 0 Å². The van der Waals surface area contributed by atoms with Crippen LogP contribution in [0.5, 0.6) is 0 Å². The lowest BCUT2D eigenvalue weighted by molar-refractivity contribution is -0.131. The first-order valence-electron chi connectivity index (χ1n) is 5.49. The molecule has 1 saturated carbocycles. The van der Waals surface area contributed by atoms with E-state index in [-0.39, 0.29) is 6.10 Å². The Kier molecular flexibility index (Phi) is 2.99. The van der Waals surface area contributed by atoms with Crippen LogP contribution in [0.3, 0.4) is 0 Å². The van der Waals surface area contributed by atoms with Crippen molar-refractivity contribution < 1.29 is 9.53 Å². The van der Waals surface area contributed by atoms with Gasteiger partial charge in [0, 0.05) is 12.8 Å². The van der Waals surface area contributed by atoms with Gasteiger partial charge in [0.25, 0.3) is 0 Å². The summed E-state index contributed by atoms with van der Waals surface area (Å²) in [6, 6.07) is 0. The van der Waals surface area contributed by atoms with Crippen molar-refractivity contribution in [2.75, 3.05) is 6.61 Å². The minimum absolute atomic E-state index is 0.265. The average Bonchev–Trinajstić information content (AvgIpc) is 2.19. The fourth-order valence-electron chi connectivity index (χ4n) is 2.52. The zero-order valence-corrected chi connectivity index (χ0v) is 8.13. The maximum Gasteiger partial charge on any atom is 0.137 e. The standard InChI is InChI=1S/C11H18O2/c12-10-6-7-13-11(8-10)9-4-2-1-3-5-9/h9,11H,1-8H2. The SMILES string of the molecule is O=C1CCOC(C2CCCCC2)C1. The molecule has 0 bridgehead atoms. The number of hydrogen-bond acceptors (Lipinski definition) is 2. The fraction of sp³-hybridized carbons (Fsp3) is 0.909. The van der Waals surface area contributed by atoms with Crippen LogP contribution in [0.1, 0.15) is 44.9 Å². The molecule has 0 aromatic heterocycles. The van der Waals surface area contributed by atoms with Gasteiger partial charge in [-0.1, -0.05) is 19.3 Å². The number of rotatable bonds is 1. The molecule has 0 radical (unpaired) electrons. The molecule has 1 atom stereocenters. The number of carbonyl (C=O) groups excluding carboxylic acids is 1. The maximum absolute atomic E-state index is 11.2. The van der Waals surface area contributed by atoms with E-state index in [1.807, 2.05) is 0 Å². The first-order chi connectivity index (χ1) is 6.36. The molecule has 0 spiro atoms. The van der Waals surface area contributed by atoms with Gasteiger partial charge in [-0.25, -0.2) is 0 Å². The van der Waals surface area contributed by atoms with E-state index in [9.17, 15) is 4.79 Å². The largest absolute Gasteiger partial charge is 0.377 e. The van der Waals surface area contributed by atoms with E-state index >= 15 is 0 Å². The second kappa shape index (κ2) is 4.23. The van der Waals surface area contributed by atoms with Gasteiger partial charge in [0.1, 0.15) is 5.78 Å². The van der Waals surface area contributed by atoms with Gasteiger partial charge in [0.05, 0.1) is 12.7 Å². The Balaban J connectivity index is 1.87. The minimum atomic E-state index is 0.265. The molecular formula is C11H18O2. The van der Waals surface area contributed by atoms with Crippen LogP contribution in [0.15, 0.2) is 0 Å². The van der Waals surface area contributed by atoms with Crippen LogP contribution >= 0.6 is 0 Å². The molecule has 0 amide bonds. The maximum atomic E-state index is 11.2. The van der Waals surface area contributed by atoms with E-state index in [4.69, 9.17) is 4.74 Å². The highest BCUT2D eigenvalue weighted by molar-refractivity contribution is 5.79. The lowest BCUT2D eigenvalue weighted by atomic mass is 9.82. The summed E-state index contributed by atoms with van der Waals surface area (Å²) in [4.78, 5) is 11.2. The van der Waals surface area contributed by atoms with Crippen molar-refractivity contribution >= 4 is 5.78 Å². The molecular weight excluding hydrogens is 164 g/mol. The molecule has 0 aromatic rings. The van der Waals surface area contributed by atoms with Crippen LogP contribution < -0.4 is 0 Å². The quantitative estimate of drug-likeness (QED) is 0.622. The third kappa shape index (κ3) is 2.31. The molecule has 1 unspecified atom stereocenters. The third-order valence-electron chi connectivity index (χ3n) is 3.32. The van der Waals surface area contributed by atoms with Gasteiger partial charge in [-0.05, 0) is 18.8 Å². The molecule has 0 N–H and O–H groups in total. The van der Waals surface area contributed by atoms with Gasteiger partial charge in [0.2, 0.25) is 0 Å². The lowest BCUT2D eigenvalue weighted by Crippen LogP contribution is -2.33. The van der Waals surface area contributed by atoms with E-state index in [0.29, 0.717) is 31.1 Å². The van der Waals surface area contributed by atoms with Crippen LogP contribution in [0.4, 0.5) is 0 Å². The van der Waals surface area contributed by atoms with Crippen LogP contribution in [-0.2, 0) is 9.53 Å².